The second-order valence-electron chi connectivity index (χ2n) is 15.9. The first-order chi connectivity index (χ1) is 35.2. The molecule has 4 N–H and O–H groups in total. The van der Waals surface area contributed by atoms with Crippen LogP contribution in [0, 0.1) is 0 Å². The van der Waals surface area contributed by atoms with Crippen LogP contribution < -0.4 is 25.0 Å². The molecule has 0 radical (unpaired) electrons. The van der Waals surface area contributed by atoms with Gasteiger partial charge in [0.15, 0.2) is 5.75 Å². The molecule has 0 atom stereocenters. The monoisotopic (exact) mass is 1210 g/mol. The summed E-state index contributed by atoms with van der Waals surface area (Å²) in [6.07, 6.45) is 0.660. The molecule has 0 aliphatic heterocycles. The SMILES string of the molecule is CCc1cc(Cl)cc(S(=O)(=O)O)c1N=Nc1c(O)c(C(=O)Nc2cccc(OC)c2)cc2ccccc12.CCc1cc(Cl)cc(S(=O)(=O)O)c1N=Nc1c([O-])c(C([O-])=Nc2cccc(OC)c2)cc2ccccc12.[Ba+2]. The second kappa shape index (κ2) is 25.0. The number of ether oxygens (including phenoxy) is 2. The molecular formula is C52H42BaCl2N6O12S2. The number of phenolic OH excluding ortho intramolecular Hbond substituents is 1. The summed E-state index contributed by atoms with van der Waals surface area (Å²) >= 11 is 12.0. The zero-order chi connectivity index (χ0) is 53.5. The summed E-state index contributed by atoms with van der Waals surface area (Å²) in [5.74, 6) is -1.55. The normalized spacial score (nSPS) is 11.9. The maximum absolute atomic E-state index is 13.4. The van der Waals surface area contributed by atoms with Gasteiger partial charge in [0.25, 0.3) is 26.1 Å². The van der Waals surface area contributed by atoms with Crippen LogP contribution in [-0.2, 0) is 33.1 Å². The van der Waals surface area contributed by atoms with Gasteiger partial charge in [0.05, 0.1) is 31.2 Å². The molecule has 8 aromatic carbocycles. The van der Waals surface area contributed by atoms with Crippen molar-refractivity contribution in [1.29, 1.82) is 0 Å². The standard InChI is InChI=1S/2C26H22ClN3O6S.Ba/c2*1-3-15-11-17(27)13-22(37(33,34)35)23(15)29-30-24-20-10-5-4-7-16(20)12-21(25(24)31)26(32)28-18-8-6-9-19(14-18)36-2;/h2*4-14,31H,3H2,1-2H3,(H,28,32)(H,33,34,35);/q;;+2/p-2. The predicted molar refractivity (Wildman–Crippen MR) is 285 cm³/mol. The van der Waals surface area contributed by atoms with E-state index >= 15 is 0 Å². The molecule has 0 saturated carbocycles. The number of azo groups is 2. The van der Waals surface area contributed by atoms with Gasteiger partial charge in [0, 0.05) is 38.6 Å². The van der Waals surface area contributed by atoms with E-state index in [9.17, 15) is 46.1 Å². The Kier molecular flexibility index (Phi) is 19.3. The number of aromatic hydroxyl groups is 1. The van der Waals surface area contributed by atoms with E-state index in [0.29, 0.717) is 68.4 Å². The third-order valence-corrected chi connectivity index (χ3v) is 13.3. The molecule has 0 unspecified atom stereocenters. The van der Waals surface area contributed by atoms with Crippen LogP contribution in [0.4, 0.5) is 34.1 Å². The smallest absolute Gasteiger partial charge is 0.871 e. The van der Waals surface area contributed by atoms with Crippen molar-refractivity contribution in [2.24, 2.45) is 25.4 Å². The van der Waals surface area contributed by atoms with E-state index in [4.69, 9.17) is 32.7 Å². The van der Waals surface area contributed by atoms with Crippen LogP contribution in [0.2, 0.25) is 10.0 Å². The zero-order valence-electron chi connectivity index (χ0n) is 40.1. The number of halogens is 2. The molecule has 1 amide bonds. The minimum absolute atomic E-state index is 0. The number of fused-ring (bicyclic) bond motifs is 2. The molecule has 8 rings (SSSR count). The number of aryl methyl sites for hydroxylation is 2. The van der Waals surface area contributed by atoms with Gasteiger partial charge in [-0.05, 0) is 107 Å². The third-order valence-electron chi connectivity index (χ3n) is 11.1. The largest absolute Gasteiger partial charge is 2.00 e. The first-order valence-corrected chi connectivity index (χ1v) is 25.6. The van der Waals surface area contributed by atoms with Crippen molar-refractivity contribution >= 4 is 160 Å². The Balaban J connectivity index is 0.000000241. The van der Waals surface area contributed by atoms with Crippen molar-refractivity contribution < 1.29 is 55.5 Å². The molecule has 380 valence electrons. The second-order valence-corrected chi connectivity index (χ2v) is 19.5. The summed E-state index contributed by atoms with van der Waals surface area (Å²) in [7, 11) is -6.40. The maximum atomic E-state index is 13.4. The molecule has 0 aliphatic rings. The Morgan fingerprint density at radius 2 is 1.08 bits per heavy atom. The average molecular weight is 1220 g/mol. The predicted octanol–water partition coefficient (Wildman–Crippen LogP) is 11.5. The Bertz CT molecular complexity index is 3830. The van der Waals surface area contributed by atoms with E-state index in [0.717, 1.165) is 12.1 Å². The number of hydrogen-bond acceptors (Lipinski definition) is 15. The van der Waals surface area contributed by atoms with Crippen LogP contribution >= 0.6 is 23.2 Å². The molecule has 0 spiro atoms. The Labute approximate surface area is 481 Å². The quantitative estimate of drug-likeness (QED) is 0.0260. The average Bonchev–Trinajstić information content (AvgIpc) is 3.37. The minimum atomic E-state index is -4.70. The number of carbonyl (C=O) groups excluding carboxylic acids is 1. The van der Waals surface area contributed by atoms with Crippen molar-refractivity contribution in [3.63, 3.8) is 0 Å². The maximum Gasteiger partial charge on any atom is 2.00 e. The molecule has 18 nitrogen and oxygen atoms in total. The summed E-state index contributed by atoms with van der Waals surface area (Å²) in [6, 6.07) is 34.9. The topological polar surface area (TPSA) is 284 Å². The van der Waals surface area contributed by atoms with Gasteiger partial charge < -0.3 is 30.1 Å². The summed E-state index contributed by atoms with van der Waals surface area (Å²) in [4.78, 5) is 16.1. The number of methoxy groups -OCH3 is 2. The summed E-state index contributed by atoms with van der Waals surface area (Å²) in [5, 5.41) is 58.8. The fourth-order valence-corrected chi connectivity index (χ4v) is 9.53. The first-order valence-electron chi connectivity index (χ1n) is 22.0. The summed E-state index contributed by atoms with van der Waals surface area (Å²) < 4.78 is 77.8. The van der Waals surface area contributed by atoms with Gasteiger partial charge in [0.2, 0.25) is 0 Å². The fourth-order valence-electron chi connectivity index (χ4n) is 7.53. The van der Waals surface area contributed by atoms with Crippen LogP contribution in [0.3, 0.4) is 0 Å². The van der Waals surface area contributed by atoms with Gasteiger partial charge in [-0.2, -0.15) is 21.9 Å². The van der Waals surface area contributed by atoms with Gasteiger partial charge in [-0.15, -0.1) is 15.3 Å². The molecule has 0 bridgehead atoms. The number of rotatable bonds is 14. The number of phenols is 1. The summed E-state index contributed by atoms with van der Waals surface area (Å²) in [5.41, 5.74) is 0.737. The Hall–Kier alpha value is -6.41. The van der Waals surface area contributed by atoms with E-state index in [2.05, 4.69) is 30.8 Å². The summed E-state index contributed by atoms with van der Waals surface area (Å²) in [6.45, 7) is 3.50. The van der Waals surface area contributed by atoms with Crippen LogP contribution in [-0.4, -0.2) is 106 Å². The number of hydrogen-bond donors (Lipinski definition) is 4. The van der Waals surface area contributed by atoms with Crippen LogP contribution in [0.25, 0.3) is 21.5 Å². The van der Waals surface area contributed by atoms with Gasteiger partial charge >= 0.3 is 48.9 Å². The molecule has 0 aromatic heterocycles. The van der Waals surface area contributed by atoms with Crippen molar-refractivity contribution in [2.45, 2.75) is 36.5 Å². The van der Waals surface area contributed by atoms with Crippen molar-refractivity contribution in [3.8, 4) is 23.0 Å². The van der Waals surface area contributed by atoms with E-state index < -0.39 is 53.3 Å². The Morgan fingerprint density at radius 3 is 1.60 bits per heavy atom. The van der Waals surface area contributed by atoms with Crippen LogP contribution in [0.1, 0.15) is 40.9 Å². The molecule has 0 heterocycles. The van der Waals surface area contributed by atoms with Crippen molar-refractivity contribution in [3.05, 3.63) is 166 Å². The fraction of sp³-hybridized carbons (Fsp3) is 0.115. The molecule has 23 heteroatoms. The van der Waals surface area contributed by atoms with Gasteiger partial charge in [0.1, 0.15) is 38.4 Å². The van der Waals surface area contributed by atoms with Gasteiger partial charge in [-0.3, -0.25) is 18.9 Å². The van der Waals surface area contributed by atoms with E-state index in [1.54, 1.807) is 111 Å². The van der Waals surface area contributed by atoms with Crippen molar-refractivity contribution in [1.82, 2.24) is 0 Å². The van der Waals surface area contributed by atoms with Crippen LogP contribution in [0.15, 0.2) is 169 Å². The first kappa shape index (κ1) is 57.9. The van der Waals surface area contributed by atoms with Crippen LogP contribution in [0.5, 0.6) is 23.0 Å². The molecule has 8 aromatic rings. The number of benzene rings is 8. The zero-order valence-corrected chi connectivity index (χ0v) is 47.7. The molecule has 0 aliphatic carbocycles. The Morgan fingerprint density at radius 1 is 0.613 bits per heavy atom. The number of aliphatic imine (C=N–C) groups is 1. The molecule has 0 saturated heterocycles. The van der Waals surface area contributed by atoms with E-state index in [1.165, 1.54) is 38.5 Å². The number of carbonyl (C=O) groups is 1. The third kappa shape index (κ3) is 13.7. The number of nitrogens with zero attached hydrogens (tertiary/aromatic N) is 5. The molecule has 0 fully saturated rings. The van der Waals surface area contributed by atoms with E-state index in [-0.39, 0.29) is 92.8 Å². The minimum Gasteiger partial charge on any atom is -0.871 e. The van der Waals surface area contributed by atoms with E-state index in [1.807, 2.05) is 0 Å². The van der Waals surface area contributed by atoms with Gasteiger partial charge in [-0.1, -0.05) is 103 Å². The number of anilines is 1. The molecule has 75 heavy (non-hydrogen) atoms. The number of nitrogens with one attached hydrogen (secondary N) is 1. The van der Waals surface area contributed by atoms with Crippen molar-refractivity contribution in [2.75, 3.05) is 19.5 Å². The van der Waals surface area contributed by atoms with Gasteiger partial charge in [-0.25, -0.2) is 0 Å². The molecular weight excluding hydrogens is 1170 g/mol. The number of amides is 1.